The van der Waals surface area contributed by atoms with Gasteiger partial charge in [0.1, 0.15) is 17.2 Å². The summed E-state index contributed by atoms with van der Waals surface area (Å²) in [7, 11) is 0. The molecule has 0 spiro atoms. The van der Waals surface area contributed by atoms with Crippen molar-refractivity contribution in [3.63, 3.8) is 0 Å². The molecule has 0 amide bonds. The number of hydrogen-bond acceptors (Lipinski definition) is 3. The Morgan fingerprint density at radius 2 is 2.19 bits per heavy atom. The molecule has 86 valence electrons. The molecular weight excluding hydrogens is 227 g/mol. The number of rotatable bonds is 3. The number of halogens is 3. The van der Waals surface area contributed by atoms with Crippen LogP contribution in [0, 0.1) is 5.41 Å². The lowest BCUT2D eigenvalue weighted by molar-refractivity contribution is -0.0583. The van der Waals surface area contributed by atoms with E-state index in [9.17, 15) is 18.0 Å². The first-order chi connectivity index (χ1) is 7.30. The molecule has 0 bridgehead atoms. The van der Waals surface area contributed by atoms with E-state index >= 15 is 0 Å². The molecule has 0 saturated heterocycles. The first-order valence-electron chi connectivity index (χ1n) is 3.93. The minimum Gasteiger partial charge on any atom is -0.477 e. The van der Waals surface area contributed by atoms with Crippen LogP contribution in [0.5, 0.6) is 0 Å². The number of H-pyrrole nitrogens is 1. The number of imidazole rings is 1. The van der Waals surface area contributed by atoms with Gasteiger partial charge in [-0.3, -0.25) is 5.41 Å². The number of aromatic nitrogens is 2. The molecule has 0 fully saturated rings. The maximum Gasteiger partial charge on any atom is 0.432 e. The smallest absolute Gasteiger partial charge is 0.432 e. The van der Waals surface area contributed by atoms with Crippen LogP contribution in [0.25, 0.3) is 6.08 Å². The highest BCUT2D eigenvalue weighted by Gasteiger charge is 2.32. The van der Waals surface area contributed by atoms with Gasteiger partial charge in [0, 0.05) is 0 Å². The summed E-state index contributed by atoms with van der Waals surface area (Å²) < 4.78 is 35.7. The zero-order valence-electron chi connectivity index (χ0n) is 7.67. The molecule has 0 radical (unpaired) electrons. The van der Waals surface area contributed by atoms with Crippen molar-refractivity contribution in [2.75, 3.05) is 0 Å². The maximum atomic E-state index is 11.9. The predicted molar refractivity (Wildman–Crippen MR) is 48.4 cm³/mol. The maximum absolute atomic E-state index is 11.9. The van der Waals surface area contributed by atoms with Gasteiger partial charge < -0.3 is 10.1 Å². The third kappa shape index (κ3) is 2.94. The number of carboxylic acid groups (broad SMARTS) is 1. The highest BCUT2D eigenvalue weighted by molar-refractivity contribution is 5.99. The summed E-state index contributed by atoms with van der Waals surface area (Å²) in [5.74, 6) is -1.33. The van der Waals surface area contributed by atoms with Crippen LogP contribution in [0.3, 0.4) is 0 Å². The minimum absolute atomic E-state index is 0.0635. The SMILES string of the molecule is N=C(/C=C\c1ncc(C(=O)O)[nH]1)C(F)(F)F. The van der Waals surface area contributed by atoms with E-state index in [1.807, 2.05) is 0 Å². The lowest BCUT2D eigenvalue weighted by Gasteiger charge is -2.01. The third-order valence-electron chi connectivity index (χ3n) is 1.54. The van der Waals surface area contributed by atoms with Gasteiger partial charge in [-0.2, -0.15) is 13.2 Å². The quantitative estimate of drug-likeness (QED) is 0.694. The van der Waals surface area contributed by atoms with Gasteiger partial charge in [-0.25, -0.2) is 9.78 Å². The van der Waals surface area contributed by atoms with Crippen molar-refractivity contribution in [1.82, 2.24) is 9.97 Å². The van der Waals surface area contributed by atoms with E-state index in [2.05, 4.69) is 9.97 Å². The van der Waals surface area contributed by atoms with Gasteiger partial charge in [0.15, 0.2) is 0 Å². The van der Waals surface area contributed by atoms with E-state index in [0.29, 0.717) is 6.08 Å². The number of aromatic carboxylic acids is 1. The Bertz CT molecular complexity index is 448. The minimum atomic E-state index is -4.72. The Labute approximate surface area is 87.1 Å². The number of allylic oxidation sites excluding steroid dienone is 1. The highest BCUT2D eigenvalue weighted by Crippen LogP contribution is 2.17. The second kappa shape index (κ2) is 4.17. The second-order valence-corrected chi connectivity index (χ2v) is 2.73. The highest BCUT2D eigenvalue weighted by atomic mass is 19.4. The van der Waals surface area contributed by atoms with Gasteiger partial charge in [0.2, 0.25) is 0 Å². The van der Waals surface area contributed by atoms with Crippen LogP contribution in [0.1, 0.15) is 16.3 Å². The Balaban J connectivity index is 2.77. The fraction of sp³-hybridized carbons (Fsp3) is 0.125. The summed E-state index contributed by atoms with van der Waals surface area (Å²) in [5.41, 5.74) is -1.78. The van der Waals surface area contributed by atoms with Crippen molar-refractivity contribution in [2.24, 2.45) is 0 Å². The Morgan fingerprint density at radius 1 is 1.56 bits per heavy atom. The summed E-state index contributed by atoms with van der Waals surface area (Å²) in [4.78, 5) is 16.2. The fourth-order valence-corrected chi connectivity index (χ4v) is 0.787. The van der Waals surface area contributed by atoms with Crippen LogP contribution in [-0.4, -0.2) is 32.9 Å². The topological polar surface area (TPSA) is 89.8 Å². The molecule has 0 unspecified atom stereocenters. The van der Waals surface area contributed by atoms with Crippen molar-refractivity contribution in [1.29, 1.82) is 5.41 Å². The number of aromatic amines is 1. The molecule has 5 nitrogen and oxygen atoms in total. The van der Waals surface area contributed by atoms with Crippen LogP contribution in [0.4, 0.5) is 13.2 Å². The summed E-state index contributed by atoms with van der Waals surface area (Å²) in [6.07, 6.45) is -2.38. The molecule has 0 atom stereocenters. The van der Waals surface area contributed by atoms with Crippen molar-refractivity contribution in [3.8, 4) is 0 Å². The summed E-state index contributed by atoms with van der Waals surface area (Å²) >= 11 is 0. The van der Waals surface area contributed by atoms with Crippen LogP contribution in [-0.2, 0) is 0 Å². The standard InChI is InChI=1S/C8H6F3N3O2/c9-8(10,11)5(12)1-2-6-13-3-4(14-6)7(15)16/h1-3,12H,(H,13,14)(H,15,16)/b2-1-,12-5?. The van der Waals surface area contributed by atoms with E-state index in [1.54, 1.807) is 0 Å². The van der Waals surface area contributed by atoms with E-state index in [0.717, 1.165) is 12.3 Å². The number of nitrogens with zero attached hydrogens (tertiary/aromatic N) is 1. The number of hydrogen-bond donors (Lipinski definition) is 3. The van der Waals surface area contributed by atoms with E-state index < -0.39 is 17.9 Å². The monoisotopic (exact) mass is 233 g/mol. The molecular formula is C8H6F3N3O2. The molecule has 0 aliphatic carbocycles. The Kier molecular flexibility index (Phi) is 3.11. The lowest BCUT2D eigenvalue weighted by atomic mass is 10.3. The first kappa shape index (κ1) is 12.0. The number of carboxylic acids is 1. The van der Waals surface area contributed by atoms with Crippen LogP contribution in [0.2, 0.25) is 0 Å². The van der Waals surface area contributed by atoms with Crippen molar-refractivity contribution in [2.45, 2.75) is 6.18 Å². The molecule has 1 rings (SSSR count). The Hall–Kier alpha value is -2.12. The molecule has 0 aromatic carbocycles. The van der Waals surface area contributed by atoms with Gasteiger partial charge in [-0.05, 0) is 12.2 Å². The van der Waals surface area contributed by atoms with E-state index in [4.69, 9.17) is 10.5 Å². The van der Waals surface area contributed by atoms with Gasteiger partial charge in [-0.15, -0.1) is 0 Å². The fourth-order valence-electron chi connectivity index (χ4n) is 0.787. The summed E-state index contributed by atoms with van der Waals surface area (Å²) in [6, 6.07) is 0. The number of carbonyl (C=O) groups is 1. The van der Waals surface area contributed by atoms with Crippen LogP contribution in [0.15, 0.2) is 12.3 Å². The molecule has 3 N–H and O–H groups in total. The average molecular weight is 233 g/mol. The van der Waals surface area contributed by atoms with Crippen molar-refractivity contribution >= 4 is 17.8 Å². The largest absolute Gasteiger partial charge is 0.477 e. The third-order valence-corrected chi connectivity index (χ3v) is 1.54. The number of alkyl halides is 3. The van der Waals surface area contributed by atoms with Crippen LogP contribution >= 0.6 is 0 Å². The molecule has 1 aromatic heterocycles. The second-order valence-electron chi connectivity index (χ2n) is 2.73. The Morgan fingerprint density at radius 3 is 2.62 bits per heavy atom. The molecule has 0 aliphatic heterocycles. The first-order valence-corrected chi connectivity index (χ1v) is 3.93. The molecule has 8 heteroatoms. The molecule has 1 aromatic rings. The molecule has 0 saturated carbocycles. The molecule has 0 aliphatic rings. The predicted octanol–water partition coefficient (Wildman–Crippen LogP) is 1.70. The molecule has 1 heterocycles. The van der Waals surface area contributed by atoms with E-state index in [-0.39, 0.29) is 11.5 Å². The van der Waals surface area contributed by atoms with Gasteiger partial charge >= 0.3 is 12.1 Å². The summed E-state index contributed by atoms with van der Waals surface area (Å²) in [6.45, 7) is 0. The average Bonchev–Trinajstić information content (AvgIpc) is 2.60. The van der Waals surface area contributed by atoms with Gasteiger partial charge in [-0.1, -0.05) is 0 Å². The lowest BCUT2D eigenvalue weighted by Crippen LogP contribution is -2.19. The zero-order valence-corrected chi connectivity index (χ0v) is 7.67. The van der Waals surface area contributed by atoms with Gasteiger partial charge in [0.25, 0.3) is 0 Å². The van der Waals surface area contributed by atoms with Gasteiger partial charge in [0.05, 0.1) is 6.20 Å². The van der Waals surface area contributed by atoms with Crippen molar-refractivity contribution < 1.29 is 23.1 Å². The van der Waals surface area contributed by atoms with E-state index in [1.165, 1.54) is 0 Å². The molecule has 16 heavy (non-hydrogen) atoms. The summed E-state index contributed by atoms with van der Waals surface area (Å²) in [5, 5.41) is 15.1. The zero-order chi connectivity index (χ0) is 12.3. The van der Waals surface area contributed by atoms with Crippen molar-refractivity contribution in [3.05, 3.63) is 23.8 Å². The normalized spacial score (nSPS) is 11.9. The van der Waals surface area contributed by atoms with Crippen LogP contribution < -0.4 is 0 Å². The number of nitrogens with one attached hydrogen (secondary N) is 2.